The summed E-state index contributed by atoms with van der Waals surface area (Å²) >= 11 is 0. The van der Waals surface area contributed by atoms with Gasteiger partial charge >= 0.3 is 0 Å². The molecule has 1 unspecified atom stereocenters. The normalized spacial score (nSPS) is 15.8. The van der Waals surface area contributed by atoms with E-state index < -0.39 is 0 Å². The largest absolute Gasteiger partial charge is 0.411 e. The molecule has 0 saturated heterocycles. The number of nitrogens with zero attached hydrogens (tertiary/aromatic N) is 2. The van der Waals surface area contributed by atoms with Crippen LogP contribution in [0, 0.1) is 0 Å². The Morgan fingerprint density at radius 3 is 2.23 bits per heavy atom. The molecule has 1 atom stereocenters. The van der Waals surface area contributed by atoms with Crippen molar-refractivity contribution in [2.45, 2.75) is 84.0 Å². The van der Waals surface area contributed by atoms with E-state index in [0.717, 1.165) is 49.8 Å². The van der Waals surface area contributed by atoms with Gasteiger partial charge in [0, 0.05) is 11.6 Å². The van der Waals surface area contributed by atoms with Crippen molar-refractivity contribution in [1.82, 2.24) is 0 Å². The van der Waals surface area contributed by atoms with Crippen LogP contribution in [0.4, 0.5) is 0 Å². The first-order valence-electron chi connectivity index (χ1n) is 11.8. The molecular weight excluding hydrogens is 384 g/mol. The Bertz CT molecular complexity index is 958. The van der Waals surface area contributed by atoms with Crippen LogP contribution in [0.3, 0.4) is 0 Å². The summed E-state index contributed by atoms with van der Waals surface area (Å²) in [6, 6.07) is 13.5. The van der Waals surface area contributed by atoms with E-state index in [0.29, 0.717) is 12.3 Å². The van der Waals surface area contributed by atoms with Gasteiger partial charge in [-0.2, -0.15) is 0 Å². The van der Waals surface area contributed by atoms with Gasteiger partial charge in [0.15, 0.2) is 0 Å². The maximum atomic E-state index is 9.44. The Labute approximate surface area is 186 Å². The summed E-state index contributed by atoms with van der Waals surface area (Å²) in [5.74, 6) is 0.361. The van der Waals surface area contributed by atoms with Gasteiger partial charge in [-0.15, -0.1) is 5.16 Å². The lowest BCUT2D eigenvalue weighted by Crippen LogP contribution is -2.23. The van der Waals surface area contributed by atoms with E-state index in [9.17, 15) is 5.21 Å². The highest BCUT2D eigenvalue weighted by atomic mass is 16.4. The van der Waals surface area contributed by atoms with Gasteiger partial charge < -0.3 is 10.4 Å². The van der Waals surface area contributed by atoms with Crippen LogP contribution in [0.15, 0.2) is 46.7 Å². The SMILES string of the molecule is CCCCC(C/C=N/O)c1ccc2c(c1)C(CC)(CC)c1cc(/C(CC)=N/O)ccc1-2. The maximum absolute atomic E-state index is 9.44. The predicted octanol–water partition coefficient (Wildman–Crippen LogP) is 7.49. The minimum absolute atomic E-state index is 0.0363. The predicted molar refractivity (Wildman–Crippen MR) is 129 cm³/mol. The molecule has 0 fully saturated rings. The fourth-order valence-corrected chi connectivity index (χ4v) is 5.34. The monoisotopic (exact) mass is 420 g/mol. The summed E-state index contributed by atoms with van der Waals surface area (Å²) in [4.78, 5) is 0. The third-order valence-corrected chi connectivity index (χ3v) is 7.23. The highest BCUT2D eigenvalue weighted by Gasteiger charge is 2.41. The highest BCUT2D eigenvalue weighted by molar-refractivity contribution is 6.01. The van der Waals surface area contributed by atoms with E-state index >= 15 is 0 Å². The molecule has 2 N–H and O–H groups in total. The molecule has 166 valence electrons. The summed E-state index contributed by atoms with van der Waals surface area (Å²) in [6.45, 7) is 8.78. The molecule has 31 heavy (non-hydrogen) atoms. The van der Waals surface area contributed by atoms with Crippen molar-refractivity contribution in [2.24, 2.45) is 10.3 Å². The zero-order valence-corrected chi connectivity index (χ0v) is 19.4. The Morgan fingerprint density at radius 2 is 1.65 bits per heavy atom. The Kier molecular flexibility index (Phi) is 7.53. The Balaban J connectivity index is 2.13. The van der Waals surface area contributed by atoms with Crippen LogP contribution in [-0.2, 0) is 5.41 Å². The first-order valence-corrected chi connectivity index (χ1v) is 11.8. The summed E-state index contributed by atoms with van der Waals surface area (Å²) in [6.07, 6.45) is 8.54. The lowest BCUT2D eigenvalue weighted by molar-refractivity contribution is 0.318. The van der Waals surface area contributed by atoms with Crippen molar-refractivity contribution >= 4 is 11.9 Å². The molecule has 0 spiro atoms. The van der Waals surface area contributed by atoms with E-state index in [1.807, 2.05) is 6.92 Å². The minimum Gasteiger partial charge on any atom is -0.411 e. The van der Waals surface area contributed by atoms with Crippen LogP contribution in [0.25, 0.3) is 11.1 Å². The van der Waals surface area contributed by atoms with Crippen LogP contribution in [0.2, 0.25) is 0 Å². The van der Waals surface area contributed by atoms with Crippen molar-refractivity contribution in [1.29, 1.82) is 0 Å². The second-order valence-electron chi connectivity index (χ2n) is 8.63. The number of hydrogen-bond acceptors (Lipinski definition) is 4. The molecule has 0 aromatic heterocycles. The van der Waals surface area contributed by atoms with E-state index in [2.05, 4.69) is 67.5 Å². The van der Waals surface area contributed by atoms with Crippen LogP contribution >= 0.6 is 0 Å². The van der Waals surface area contributed by atoms with Crippen molar-refractivity contribution in [2.75, 3.05) is 0 Å². The molecule has 3 rings (SSSR count). The van der Waals surface area contributed by atoms with Gasteiger partial charge in [0.25, 0.3) is 0 Å². The maximum Gasteiger partial charge on any atom is 0.0865 e. The quantitative estimate of drug-likeness (QED) is 0.238. The van der Waals surface area contributed by atoms with Gasteiger partial charge in [0.2, 0.25) is 0 Å². The molecule has 0 amide bonds. The number of unbranched alkanes of at least 4 members (excludes halogenated alkanes) is 1. The summed E-state index contributed by atoms with van der Waals surface area (Å²) in [7, 11) is 0. The van der Waals surface area contributed by atoms with Gasteiger partial charge in [0.1, 0.15) is 0 Å². The smallest absolute Gasteiger partial charge is 0.0865 e. The molecule has 1 aliphatic rings. The second-order valence-corrected chi connectivity index (χ2v) is 8.63. The molecule has 4 nitrogen and oxygen atoms in total. The van der Waals surface area contributed by atoms with Crippen LogP contribution < -0.4 is 0 Å². The number of oxime groups is 2. The average Bonchev–Trinajstić information content (AvgIpc) is 3.09. The lowest BCUT2D eigenvalue weighted by Gasteiger charge is -2.31. The summed E-state index contributed by atoms with van der Waals surface area (Å²) in [5.41, 5.74) is 8.39. The zero-order valence-electron chi connectivity index (χ0n) is 19.4. The van der Waals surface area contributed by atoms with Crippen molar-refractivity contribution < 1.29 is 10.4 Å². The van der Waals surface area contributed by atoms with Crippen molar-refractivity contribution in [3.63, 3.8) is 0 Å². The first kappa shape index (κ1) is 23.1. The number of hydrogen-bond donors (Lipinski definition) is 2. The molecule has 2 aromatic rings. The minimum atomic E-state index is -0.0363. The molecule has 0 radical (unpaired) electrons. The van der Waals surface area contributed by atoms with Crippen LogP contribution in [0.1, 0.15) is 101 Å². The van der Waals surface area contributed by atoms with Gasteiger partial charge in [-0.25, -0.2) is 0 Å². The molecule has 0 heterocycles. The third kappa shape index (κ3) is 4.13. The molecule has 0 saturated carbocycles. The van der Waals surface area contributed by atoms with Crippen LogP contribution in [0.5, 0.6) is 0 Å². The first-order chi connectivity index (χ1) is 15.1. The molecule has 2 aromatic carbocycles. The highest BCUT2D eigenvalue weighted by Crippen LogP contribution is 2.53. The van der Waals surface area contributed by atoms with Crippen molar-refractivity contribution in [3.05, 3.63) is 58.7 Å². The fourth-order valence-electron chi connectivity index (χ4n) is 5.34. The summed E-state index contributed by atoms with van der Waals surface area (Å²) < 4.78 is 0. The molecule has 0 aliphatic heterocycles. The van der Waals surface area contributed by atoms with Gasteiger partial charge in [0.05, 0.1) is 5.71 Å². The lowest BCUT2D eigenvalue weighted by atomic mass is 9.72. The number of benzene rings is 2. The van der Waals surface area contributed by atoms with Gasteiger partial charge in [-0.1, -0.05) is 76.0 Å². The van der Waals surface area contributed by atoms with Gasteiger partial charge in [-0.05, 0) is 77.5 Å². The molecule has 4 heteroatoms. The van der Waals surface area contributed by atoms with E-state index in [1.165, 1.54) is 27.8 Å². The Morgan fingerprint density at radius 1 is 0.968 bits per heavy atom. The average molecular weight is 421 g/mol. The van der Waals surface area contributed by atoms with Crippen LogP contribution in [-0.4, -0.2) is 22.3 Å². The van der Waals surface area contributed by atoms with Gasteiger partial charge in [-0.3, -0.25) is 0 Å². The van der Waals surface area contributed by atoms with Crippen molar-refractivity contribution in [3.8, 4) is 11.1 Å². The standard InChI is InChI=1S/C27H36N2O2/c1-5-9-10-19(15-16-28-30)20-11-13-22-23-14-12-21(26(6-2)29-31)18-25(23)27(7-3,8-4)24(22)17-20/h11-14,16-19,30-31H,5-10,15H2,1-4H3/b28-16+,29-26+. The topological polar surface area (TPSA) is 65.2 Å². The van der Waals surface area contributed by atoms with E-state index in [1.54, 1.807) is 6.21 Å². The zero-order chi connectivity index (χ0) is 22.4. The molecule has 0 bridgehead atoms. The molecule has 1 aliphatic carbocycles. The fraction of sp³-hybridized carbons (Fsp3) is 0.481. The second kappa shape index (κ2) is 10.1. The summed E-state index contributed by atoms with van der Waals surface area (Å²) in [5, 5.41) is 25.2. The number of rotatable bonds is 10. The van der Waals surface area contributed by atoms with E-state index in [-0.39, 0.29) is 5.41 Å². The Hall–Kier alpha value is -2.62. The molecular formula is C27H36N2O2. The third-order valence-electron chi connectivity index (χ3n) is 7.23. The van der Waals surface area contributed by atoms with E-state index in [4.69, 9.17) is 5.21 Å². The number of fused-ring (bicyclic) bond motifs is 3.